The number of benzene rings is 10. The van der Waals surface area contributed by atoms with E-state index in [1.165, 1.54) is 109 Å². The van der Waals surface area contributed by atoms with Crippen LogP contribution in [0.4, 0.5) is 0 Å². The van der Waals surface area contributed by atoms with E-state index in [-0.39, 0.29) is 5.41 Å². The van der Waals surface area contributed by atoms with Crippen molar-refractivity contribution < 1.29 is 0 Å². The molecule has 1 aliphatic carbocycles. The van der Waals surface area contributed by atoms with Crippen LogP contribution in [0.2, 0.25) is 0 Å². The molecule has 0 N–H and O–H groups in total. The Hall–Kier alpha value is -6.50. The fourth-order valence-electron chi connectivity index (χ4n) is 9.48. The summed E-state index contributed by atoms with van der Waals surface area (Å²) < 4.78 is 0. The predicted molar refractivity (Wildman–Crippen MR) is 228 cm³/mol. The van der Waals surface area contributed by atoms with Crippen LogP contribution in [0.3, 0.4) is 0 Å². The monoisotopic (exact) mass is 672 g/mol. The summed E-state index contributed by atoms with van der Waals surface area (Å²) in [6.07, 6.45) is 0. The molecule has 0 nitrogen and oxygen atoms in total. The lowest BCUT2D eigenvalue weighted by molar-refractivity contribution is 0.661. The molecular weight excluding hydrogens is 637 g/mol. The van der Waals surface area contributed by atoms with Gasteiger partial charge in [-0.1, -0.05) is 172 Å². The van der Waals surface area contributed by atoms with E-state index in [0.29, 0.717) is 0 Å². The summed E-state index contributed by atoms with van der Waals surface area (Å²) in [7, 11) is 0. The Labute approximate surface area is 309 Å². The SMILES string of the molecule is CC1(C)c2ccc(-c3cc(-c4c5ccccc5c(-c5ccc6ccccc6c5)c5ccccc45)cc4ccccc34)cc2-c2c1ccc1ccccc21. The summed E-state index contributed by atoms with van der Waals surface area (Å²) in [6.45, 7) is 4.75. The second kappa shape index (κ2) is 11.2. The second-order valence-corrected chi connectivity index (χ2v) is 15.2. The van der Waals surface area contributed by atoms with Crippen LogP contribution in [0.25, 0.3) is 98.4 Å². The van der Waals surface area contributed by atoms with Gasteiger partial charge in [0.1, 0.15) is 0 Å². The number of fused-ring (bicyclic) bond motifs is 9. The third kappa shape index (κ3) is 4.42. The van der Waals surface area contributed by atoms with E-state index in [1.807, 2.05) is 0 Å². The van der Waals surface area contributed by atoms with E-state index in [1.54, 1.807) is 0 Å². The third-order valence-electron chi connectivity index (χ3n) is 12.0. The Morgan fingerprint density at radius 3 is 1.45 bits per heavy atom. The molecule has 10 aromatic carbocycles. The smallest absolute Gasteiger partial charge is 0.0159 e. The molecule has 11 rings (SSSR count). The molecule has 0 heteroatoms. The first-order valence-corrected chi connectivity index (χ1v) is 18.7. The van der Waals surface area contributed by atoms with Crippen molar-refractivity contribution in [3.05, 3.63) is 193 Å². The molecule has 0 aliphatic heterocycles. The van der Waals surface area contributed by atoms with Crippen molar-refractivity contribution in [1.82, 2.24) is 0 Å². The molecule has 0 atom stereocenters. The van der Waals surface area contributed by atoms with Gasteiger partial charge in [-0.05, 0) is 134 Å². The van der Waals surface area contributed by atoms with E-state index >= 15 is 0 Å². The molecule has 0 aromatic heterocycles. The molecule has 1 aliphatic rings. The van der Waals surface area contributed by atoms with Gasteiger partial charge in [0.15, 0.2) is 0 Å². The van der Waals surface area contributed by atoms with E-state index < -0.39 is 0 Å². The third-order valence-corrected chi connectivity index (χ3v) is 12.0. The van der Waals surface area contributed by atoms with E-state index in [9.17, 15) is 0 Å². The summed E-state index contributed by atoms with van der Waals surface area (Å²) in [5.74, 6) is 0. The molecule has 10 aromatic rings. The first-order chi connectivity index (χ1) is 26.0. The minimum absolute atomic E-state index is 0.0677. The van der Waals surface area contributed by atoms with Crippen LogP contribution in [0.15, 0.2) is 182 Å². The zero-order chi connectivity index (χ0) is 35.3. The van der Waals surface area contributed by atoms with E-state index in [4.69, 9.17) is 0 Å². The van der Waals surface area contributed by atoms with Gasteiger partial charge in [0.05, 0.1) is 0 Å². The Morgan fingerprint density at radius 2 is 0.755 bits per heavy atom. The molecule has 0 saturated carbocycles. The minimum atomic E-state index is -0.0677. The van der Waals surface area contributed by atoms with Crippen LogP contribution < -0.4 is 0 Å². The first kappa shape index (κ1) is 30.2. The van der Waals surface area contributed by atoms with Crippen molar-refractivity contribution in [3.63, 3.8) is 0 Å². The molecule has 0 amide bonds. The fourth-order valence-corrected chi connectivity index (χ4v) is 9.48. The van der Waals surface area contributed by atoms with Gasteiger partial charge in [0.25, 0.3) is 0 Å². The van der Waals surface area contributed by atoms with Gasteiger partial charge in [-0.2, -0.15) is 0 Å². The molecule has 0 fully saturated rings. The van der Waals surface area contributed by atoms with Gasteiger partial charge in [-0.3, -0.25) is 0 Å². The Bertz CT molecular complexity index is 3080. The van der Waals surface area contributed by atoms with Crippen molar-refractivity contribution in [1.29, 1.82) is 0 Å². The lowest BCUT2D eigenvalue weighted by Crippen LogP contribution is -2.14. The predicted octanol–water partition coefficient (Wildman–Crippen LogP) is 14.8. The maximum Gasteiger partial charge on any atom is 0.0159 e. The quantitative estimate of drug-likeness (QED) is 0.164. The molecule has 248 valence electrons. The Kier molecular flexibility index (Phi) is 6.40. The average Bonchev–Trinajstić information content (AvgIpc) is 3.44. The van der Waals surface area contributed by atoms with Crippen LogP contribution in [-0.4, -0.2) is 0 Å². The summed E-state index contributed by atoms with van der Waals surface area (Å²) in [4.78, 5) is 0. The highest BCUT2D eigenvalue weighted by Crippen LogP contribution is 2.53. The van der Waals surface area contributed by atoms with Gasteiger partial charge in [-0.25, -0.2) is 0 Å². The van der Waals surface area contributed by atoms with Crippen LogP contribution in [0, 0.1) is 0 Å². The average molecular weight is 673 g/mol. The molecule has 0 saturated heterocycles. The van der Waals surface area contributed by atoms with Crippen molar-refractivity contribution in [2.45, 2.75) is 19.3 Å². The van der Waals surface area contributed by atoms with Crippen LogP contribution in [0.1, 0.15) is 25.0 Å². The summed E-state index contributed by atoms with van der Waals surface area (Å²) in [6, 6.07) is 68.0. The van der Waals surface area contributed by atoms with E-state index in [0.717, 1.165) is 0 Å². The fraction of sp³-hybridized carbons (Fsp3) is 0.0566. The number of rotatable bonds is 3. The first-order valence-electron chi connectivity index (χ1n) is 18.7. The van der Waals surface area contributed by atoms with Crippen molar-refractivity contribution in [2.24, 2.45) is 0 Å². The standard InChI is InChI=1S/C53H36/c1-53(2)48-27-26-37(31-47(48)52-41-18-8-5-14-34(41)25-28-49(52)53)46-32-39(30-36-16-6-7-17-40(36)46)51-44-21-11-9-19-42(44)50(43-20-10-12-22-45(43)51)38-24-23-33-13-3-4-15-35(33)29-38/h3-32H,1-2H3. The van der Waals surface area contributed by atoms with Gasteiger partial charge in [0, 0.05) is 5.41 Å². The molecule has 0 heterocycles. The van der Waals surface area contributed by atoms with Crippen molar-refractivity contribution in [2.75, 3.05) is 0 Å². The number of hydrogen-bond donors (Lipinski definition) is 0. The number of hydrogen-bond acceptors (Lipinski definition) is 0. The highest BCUT2D eigenvalue weighted by molar-refractivity contribution is 6.22. The van der Waals surface area contributed by atoms with Crippen LogP contribution in [0.5, 0.6) is 0 Å². The van der Waals surface area contributed by atoms with Crippen LogP contribution >= 0.6 is 0 Å². The topological polar surface area (TPSA) is 0 Å². The summed E-state index contributed by atoms with van der Waals surface area (Å²) in [5, 5.41) is 12.7. The Morgan fingerprint density at radius 1 is 0.283 bits per heavy atom. The van der Waals surface area contributed by atoms with Gasteiger partial charge in [-0.15, -0.1) is 0 Å². The highest BCUT2D eigenvalue weighted by atomic mass is 14.4. The maximum atomic E-state index is 2.47. The van der Waals surface area contributed by atoms with Gasteiger partial charge < -0.3 is 0 Å². The van der Waals surface area contributed by atoms with Crippen molar-refractivity contribution in [3.8, 4) is 44.5 Å². The summed E-state index contributed by atoms with van der Waals surface area (Å²) >= 11 is 0. The molecular formula is C53H36. The lowest BCUT2D eigenvalue weighted by Gasteiger charge is -2.22. The van der Waals surface area contributed by atoms with Gasteiger partial charge in [0.2, 0.25) is 0 Å². The normalized spacial score (nSPS) is 13.2. The molecule has 0 bridgehead atoms. The lowest BCUT2D eigenvalue weighted by atomic mass is 9.81. The Balaban J connectivity index is 1.18. The molecule has 0 unspecified atom stereocenters. The highest BCUT2D eigenvalue weighted by Gasteiger charge is 2.36. The largest absolute Gasteiger partial charge is 0.0616 e. The van der Waals surface area contributed by atoms with Crippen molar-refractivity contribution >= 4 is 53.9 Å². The maximum absolute atomic E-state index is 2.47. The molecule has 53 heavy (non-hydrogen) atoms. The van der Waals surface area contributed by atoms with Crippen LogP contribution in [-0.2, 0) is 5.41 Å². The van der Waals surface area contributed by atoms with Gasteiger partial charge >= 0.3 is 0 Å². The minimum Gasteiger partial charge on any atom is -0.0616 e. The molecule has 0 radical (unpaired) electrons. The van der Waals surface area contributed by atoms with E-state index in [2.05, 4.69) is 196 Å². The second-order valence-electron chi connectivity index (χ2n) is 15.2. The summed E-state index contributed by atoms with van der Waals surface area (Å²) in [5.41, 5.74) is 13.0. The molecule has 0 spiro atoms. The zero-order valence-electron chi connectivity index (χ0n) is 29.8. The zero-order valence-corrected chi connectivity index (χ0v) is 29.8.